The fourth-order valence-electron chi connectivity index (χ4n) is 2.57. The minimum Gasteiger partial charge on any atom is -0.284 e. The first-order valence-electron chi connectivity index (χ1n) is 7.68. The summed E-state index contributed by atoms with van der Waals surface area (Å²) in [7, 11) is 0. The number of hydrogen-bond donors (Lipinski definition) is 0. The summed E-state index contributed by atoms with van der Waals surface area (Å²) in [6.45, 7) is 8.14. The molecule has 1 aromatic carbocycles. The van der Waals surface area contributed by atoms with E-state index >= 15 is 0 Å². The smallest absolute Gasteiger partial charge is 0.263 e. The zero-order chi connectivity index (χ0) is 16.6. The second-order valence-electron chi connectivity index (χ2n) is 5.90. The molecule has 2 heterocycles. The molecule has 0 aliphatic rings. The molecule has 0 unspecified atom stereocenters. The molecule has 3 rings (SSSR count). The van der Waals surface area contributed by atoms with Gasteiger partial charge in [0.2, 0.25) is 0 Å². The van der Waals surface area contributed by atoms with Crippen LogP contribution in [0.5, 0.6) is 0 Å². The summed E-state index contributed by atoms with van der Waals surface area (Å²) in [5.41, 5.74) is 2.39. The molecule has 0 spiro atoms. The van der Waals surface area contributed by atoms with E-state index in [0.717, 1.165) is 26.7 Å². The Balaban J connectivity index is 2.08. The molecular formula is C18H20N2OS2. The number of aromatic nitrogens is 2. The summed E-state index contributed by atoms with van der Waals surface area (Å²) in [5.74, 6) is 0.814. The minimum absolute atomic E-state index is 0.0856. The van der Waals surface area contributed by atoms with E-state index in [0.29, 0.717) is 0 Å². The largest absolute Gasteiger partial charge is 0.284 e. The lowest BCUT2D eigenvalue weighted by Crippen LogP contribution is -2.24. The maximum absolute atomic E-state index is 13.0. The molecular weight excluding hydrogens is 324 g/mol. The van der Waals surface area contributed by atoms with Crippen LogP contribution >= 0.6 is 23.1 Å². The van der Waals surface area contributed by atoms with Gasteiger partial charge in [0.1, 0.15) is 4.83 Å². The molecule has 23 heavy (non-hydrogen) atoms. The number of aryl methyl sites for hydroxylation is 2. The van der Waals surface area contributed by atoms with Gasteiger partial charge >= 0.3 is 0 Å². The first kappa shape index (κ1) is 16.3. The topological polar surface area (TPSA) is 34.9 Å². The van der Waals surface area contributed by atoms with Crippen LogP contribution in [0.1, 0.15) is 35.9 Å². The van der Waals surface area contributed by atoms with Gasteiger partial charge in [0, 0.05) is 16.7 Å². The van der Waals surface area contributed by atoms with Crippen LogP contribution in [0.25, 0.3) is 10.2 Å². The number of rotatable bonds is 4. The molecule has 0 atom stereocenters. The quantitative estimate of drug-likeness (QED) is 0.496. The number of thiophene rings is 1. The van der Waals surface area contributed by atoms with Crippen LogP contribution in [0.4, 0.5) is 0 Å². The summed E-state index contributed by atoms with van der Waals surface area (Å²) in [5, 5.41) is 1.59. The summed E-state index contributed by atoms with van der Waals surface area (Å²) in [6, 6.07) is 10.4. The fraction of sp³-hybridized carbons (Fsp3) is 0.333. The van der Waals surface area contributed by atoms with Crippen molar-refractivity contribution in [3.8, 4) is 0 Å². The standard InChI is InChI=1S/C18H20N2OS2/c1-11(2)20-17(21)15-12(3)13(4)23-16(15)19-18(20)22-10-14-8-6-5-7-9-14/h5-9,11H,10H2,1-4H3. The van der Waals surface area contributed by atoms with E-state index in [-0.39, 0.29) is 11.6 Å². The van der Waals surface area contributed by atoms with Crippen molar-refractivity contribution in [2.24, 2.45) is 0 Å². The van der Waals surface area contributed by atoms with E-state index in [2.05, 4.69) is 19.1 Å². The van der Waals surface area contributed by atoms with Crippen LogP contribution in [0.3, 0.4) is 0 Å². The number of fused-ring (bicyclic) bond motifs is 1. The molecule has 0 bridgehead atoms. The molecule has 120 valence electrons. The molecule has 2 aromatic heterocycles. The molecule has 0 fully saturated rings. The Hall–Kier alpha value is -1.59. The Kier molecular flexibility index (Phi) is 4.60. The SMILES string of the molecule is Cc1sc2nc(SCc3ccccc3)n(C(C)C)c(=O)c2c1C. The summed E-state index contributed by atoms with van der Waals surface area (Å²) in [4.78, 5) is 19.8. The Morgan fingerprint density at radius 3 is 2.57 bits per heavy atom. The Morgan fingerprint density at radius 1 is 1.22 bits per heavy atom. The monoisotopic (exact) mass is 344 g/mol. The van der Waals surface area contributed by atoms with E-state index in [1.165, 1.54) is 10.4 Å². The van der Waals surface area contributed by atoms with Gasteiger partial charge < -0.3 is 0 Å². The minimum atomic E-state index is 0.0856. The molecule has 3 aromatic rings. The lowest BCUT2D eigenvalue weighted by molar-refractivity contribution is 0.519. The number of benzene rings is 1. The van der Waals surface area contributed by atoms with Crippen molar-refractivity contribution in [1.82, 2.24) is 9.55 Å². The van der Waals surface area contributed by atoms with Gasteiger partial charge in [-0.05, 0) is 38.8 Å². The van der Waals surface area contributed by atoms with E-state index in [1.807, 2.05) is 43.5 Å². The zero-order valence-corrected chi connectivity index (χ0v) is 15.4. The van der Waals surface area contributed by atoms with Crippen molar-refractivity contribution < 1.29 is 0 Å². The van der Waals surface area contributed by atoms with Gasteiger partial charge in [0.05, 0.1) is 5.39 Å². The number of nitrogens with zero attached hydrogens (tertiary/aromatic N) is 2. The molecule has 0 radical (unpaired) electrons. The highest BCUT2D eigenvalue weighted by atomic mass is 32.2. The lowest BCUT2D eigenvalue weighted by Gasteiger charge is -2.15. The van der Waals surface area contributed by atoms with Crippen LogP contribution in [0.15, 0.2) is 40.3 Å². The van der Waals surface area contributed by atoms with Gasteiger partial charge in [0.25, 0.3) is 5.56 Å². The maximum Gasteiger partial charge on any atom is 0.263 e. The van der Waals surface area contributed by atoms with Gasteiger partial charge in [-0.25, -0.2) is 4.98 Å². The summed E-state index contributed by atoms with van der Waals surface area (Å²) in [6.07, 6.45) is 0. The van der Waals surface area contributed by atoms with Gasteiger partial charge in [-0.15, -0.1) is 11.3 Å². The van der Waals surface area contributed by atoms with E-state index in [9.17, 15) is 4.79 Å². The van der Waals surface area contributed by atoms with Crippen LogP contribution < -0.4 is 5.56 Å². The molecule has 0 N–H and O–H groups in total. The molecule has 0 amide bonds. The molecule has 0 saturated carbocycles. The fourth-order valence-corrected chi connectivity index (χ4v) is 4.72. The van der Waals surface area contributed by atoms with E-state index < -0.39 is 0 Å². The van der Waals surface area contributed by atoms with Gasteiger partial charge in [-0.2, -0.15) is 0 Å². The number of thioether (sulfide) groups is 1. The third-order valence-electron chi connectivity index (χ3n) is 3.93. The molecule has 5 heteroatoms. The van der Waals surface area contributed by atoms with Crippen LogP contribution in [0, 0.1) is 13.8 Å². The van der Waals surface area contributed by atoms with Crippen LogP contribution in [0.2, 0.25) is 0 Å². The third-order valence-corrected chi connectivity index (χ3v) is 6.05. The molecule has 3 nitrogen and oxygen atoms in total. The van der Waals surface area contributed by atoms with Crippen molar-refractivity contribution in [2.75, 3.05) is 0 Å². The highest BCUT2D eigenvalue weighted by molar-refractivity contribution is 7.98. The summed E-state index contributed by atoms with van der Waals surface area (Å²) < 4.78 is 1.83. The second kappa shape index (κ2) is 6.49. The third kappa shape index (κ3) is 3.08. The predicted octanol–water partition coefficient (Wildman–Crippen LogP) is 4.95. The molecule has 0 saturated heterocycles. The zero-order valence-electron chi connectivity index (χ0n) is 13.8. The van der Waals surface area contributed by atoms with Gasteiger partial charge in [-0.1, -0.05) is 42.1 Å². The van der Waals surface area contributed by atoms with Gasteiger partial charge in [0.15, 0.2) is 5.16 Å². The van der Waals surface area contributed by atoms with Crippen molar-refractivity contribution in [3.63, 3.8) is 0 Å². The van der Waals surface area contributed by atoms with E-state index in [4.69, 9.17) is 4.98 Å². The lowest BCUT2D eigenvalue weighted by atomic mass is 10.2. The van der Waals surface area contributed by atoms with E-state index in [1.54, 1.807) is 23.1 Å². The summed E-state index contributed by atoms with van der Waals surface area (Å²) >= 11 is 3.24. The Morgan fingerprint density at radius 2 is 1.91 bits per heavy atom. The second-order valence-corrected chi connectivity index (χ2v) is 8.05. The van der Waals surface area contributed by atoms with Crippen LogP contribution in [-0.4, -0.2) is 9.55 Å². The first-order valence-corrected chi connectivity index (χ1v) is 9.48. The average Bonchev–Trinajstić information content (AvgIpc) is 2.80. The molecule has 0 aliphatic carbocycles. The highest BCUT2D eigenvalue weighted by Crippen LogP contribution is 2.30. The van der Waals surface area contributed by atoms with Crippen molar-refractivity contribution in [3.05, 3.63) is 56.7 Å². The van der Waals surface area contributed by atoms with Crippen molar-refractivity contribution >= 4 is 33.3 Å². The number of hydrogen-bond acceptors (Lipinski definition) is 4. The Labute approximate surface area is 144 Å². The van der Waals surface area contributed by atoms with Crippen LogP contribution in [-0.2, 0) is 5.75 Å². The predicted molar refractivity (Wildman–Crippen MR) is 99.7 cm³/mol. The highest BCUT2D eigenvalue weighted by Gasteiger charge is 2.18. The molecule has 0 aliphatic heterocycles. The maximum atomic E-state index is 13.0. The normalized spacial score (nSPS) is 11.5. The average molecular weight is 345 g/mol. The Bertz CT molecular complexity index is 895. The van der Waals surface area contributed by atoms with Gasteiger partial charge in [-0.3, -0.25) is 9.36 Å². The van der Waals surface area contributed by atoms with Crippen molar-refractivity contribution in [1.29, 1.82) is 0 Å². The van der Waals surface area contributed by atoms with Crippen molar-refractivity contribution in [2.45, 2.75) is 44.6 Å². The first-order chi connectivity index (χ1) is 11.0.